The maximum atomic E-state index is 12.0. The highest BCUT2D eigenvalue weighted by Gasteiger charge is 2.25. The monoisotopic (exact) mass is 225 g/mol. The first-order valence-electron chi connectivity index (χ1n) is 5.63. The van der Waals surface area contributed by atoms with Crippen LogP contribution in [0.25, 0.3) is 0 Å². The topological polar surface area (TPSA) is 57.6 Å². The van der Waals surface area contributed by atoms with Crippen molar-refractivity contribution in [2.45, 2.75) is 45.6 Å². The molecular weight excluding hydrogens is 206 g/mol. The number of carbonyl (C=O) groups is 2. The Morgan fingerprint density at radius 2 is 1.62 bits per heavy atom. The van der Waals surface area contributed by atoms with Crippen molar-refractivity contribution in [2.75, 3.05) is 7.05 Å². The van der Waals surface area contributed by atoms with Gasteiger partial charge in [-0.2, -0.15) is 0 Å². The van der Waals surface area contributed by atoms with Crippen LogP contribution in [-0.4, -0.2) is 35.0 Å². The molecule has 1 aliphatic carbocycles. The molecule has 0 saturated heterocycles. The predicted octanol–water partition coefficient (Wildman–Crippen LogP) is 1.81. The number of carboxylic acids is 1. The summed E-state index contributed by atoms with van der Waals surface area (Å²) in [5.74, 6) is -1.18. The van der Waals surface area contributed by atoms with Gasteiger partial charge >= 0.3 is 5.97 Å². The molecule has 1 aliphatic rings. The van der Waals surface area contributed by atoms with Gasteiger partial charge in [0.05, 0.1) is 0 Å². The van der Waals surface area contributed by atoms with E-state index in [0.29, 0.717) is 5.57 Å². The first-order chi connectivity index (χ1) is 7.45. The van der Waals surface area contributed by atoms with Gasteiger partial charge < -0.3 is 10.0 Å². The third-order valence-corrected chi connectivity index (χ3v) is 3.40. The van der Waals surface area contributed by atoms with Gasteiger partial charge in [-0.15, -0.1) is 0 Å². The maximum Gasteiger partial charge on any atom is 0.331 e. The number of rotatable bonds is 3. The molecule has 4 heteroatoms. The van der Waals surface area contributed by atoms with Crippen LogP contribution in [0, 0.1) is 0 Å². The zero-order valence-electron chi connectivity index (χ0n) is 10.1. The average Bonchev–Trinajstić information content (AvgIpc) is 2.78. The number of nitrogens with zero attached hydrogens (tertiary/aromatic N) is 1. The molecule has 0 spiro atoms. The number of aliphatic carboxylic acids is 1. The van der Waals surface area contributed by atoms with E-state index in [9.17, 15) is 9.59 Å². The lowest BCUT2D eigenvalue weighted by molar-refractivity contribution is -0.134. The largest absolute Gasteiger partial charge is 0.478 e. The molecule has 90 valence electrons. The molecule has 4 nitrogen and oxygen atoms in total. The van der Waals surface area contributed by atoms with Gasteiger partial charge in [0.15, 0.2) is 0 Å². The molecule has 1 saturated carbocycles. The molecule has 1 fully saturated rings. The molecule has 0 aromatic carbocycles. The fraction of sp³-hybridized carbons (Fsp3) is 0.667. The number of amides is 1. The molecule has 0 unspecified atom stereocenters. The van der Waals surface area contributed by atoms with Crippen molar-refractivity contribution >= 4 is 11.9 Å². The van der Waals surface area contributed by atoms with Crippen LogP contribution in [0.3, 0.4) is 0 Å². The van der Waals surface area contributed by atoms with Crippen LogP contribution < -0.4 is 0 Å². The van der Waals surface area contributed by atoms with Crippen molar-refractivity contribution in [3.8, 4) is 0 Å². The summed E-state index contributed by atoms with van der Waals surface area (Å²) in [5.41, 5.74) is 0.469. The maximum absolute atomic E-state index is 12.0. The Kier molecular flexibility index (Phi) is 4.10. The van der Waals surface area contributed by atoms with Gasteiger partial charge in [-0.05, 0) is 26.7 Å². The molecule has 1 amide bonds. The zero-order chi connectivity index (χ0) is 12.3. The summed E-state index contributed by atoms with van der Waals surface area (Å²) in [4.78, 5) is 24.4. The van der Waals surface area contributed by atoms with Gasteiger partial charge in [0, 0.05) is 24.2 Å². The minimum atomic E-state index is -1.02. The van der Waals surface area contributed by atoms with Gasteiger partial charge in [-0.3, -0.25) is 4.79 Å². The van der Waals surface area contributed by atoms with Crippen LogP contribution in [0.1, 0.15) is 39.5 Å². The lowest BCUT2D eigenvalue weighted by atomic mass is 10.1. The lowest BCUT2D eigenvalue weighted by Crippen LogP contribution is -2.36. The van der Waals surface area contributed by atoms with Crippen molar-refractivity contribution in [3.63, 3.8) is 0 Å². The van der Waals surface area contributed by atoms with E-state index in [1.165, 1.54) is 6.92 Å². The van der Waals surface area contributed by atoms with Crippen molar-refractivity contribution in [1.82, 2.24) is 4.90 Å². The summed E-state index contributed by atoms with van der Waals surface area (Å²) in [6.07, 6.45) is 4.37. The summed E-state index contributed by atoms with van der Waals surface area (Å²) in [6, 6.07) is 0.282. The van der Waals surface area contributed by atoms with Crippen LogP contribution >= 0.6 is 0 Å². The Morgan fingerprint density at radius 1 is 1.12 bits per heavy atom. The van der Waals surface area contributed by atoms with Crippen molar-refractivity contribution < 1.29 is 14.7 Å². The highest BCUT2D eigenvalue weighted by atomic mass is 16.4. The quantitative estimate of drug-likeness (QED) is 0.745. The average molecular weight is 225 g/mol. The van der Waals surface area contributed by atoms with Crippen LogP contribution in [0.2, 0.25) is 0 Å². The van der Waals surface area contributed by atoms with Crippen LogP contribution in [-0.2, 0) is 9.59 Å². The SMILES string of the molecule is CC(C(=O)O)=C(C)C(=O)N(C)C1CCCC1. The van der Waals surface area contributed by atoms with E-state index in [-0.39, 0.29) is 17.5 Å². The second-order valence-electron chi connectivity index (χ2n) is 4.41. The molecule has 0 heterocycles. The van der Waals surface area contributed by atoms with E-state index in [0.717, 1.165) is 25.7 Å². The van der Waals surface area contributed by atoms with E-state index in [2.05, 4.69) is 0 Å². The number of hydrogen-bond acceptors (Lipinski definition) is 2. The van der Waals surface area contributed by atoms with Gasteiger partial charge in [-0.1, -0.05) is 12.8 Å². The van der Waals surface area contributed by atoms with E-state index in [4.69, 9.17) is 5.11 Å². The fourth-order valence-electron chi connectivity index (χ4n) is 2.04. The summed E-state index contributed by atoms with van der Waals surface area (Å²) in [5, 5.41) is 8.82. The van der Waals surface area contributed by atoms with Crippen LogP contribution in [0.15, 0.2) is 11.1 Å². The summed E-state index contributed by atoms with van der Waals surface area (Å²) < 4.78 is 0. The molecule has 0 atom stereocenters. The Labute approximate surface area is 95.9 Å². The Hall–Kier alpha value is -1.32. The smallest absolute Gasteiger partial charge is 0.331 e. The predicted molar refractivity (Wildman–Crippen MR) is 61.0 cm³/mol. The second-order valence-corrected chi connectivity index (χ2v) is 4.41. The molecule has 0 aromatic rings. The lowest BCUT2D eigenvalue weighted by Gasteiger charge is -2.25. The Balaban J connectivity index is 2.77. The first-order valence-corrected chi connectivity index (χ1v) is 5.63. The Bertz CT molecular complexity index is 327. The molecular formula is C12H19NO3. The third kappa shape index (κ3) is 2.62. The van der Waals surface area contributed by atoms with Crippen LogP contribution in [0.5, 0.6) is 0 Å². The molecule has 0 aliphatic heterocycles. The van der Waals surface area contributed by atoms with E-state index in [1.807, 2.05) is 0 Å². The number of carboxylic acid groups (broad SMARTS) is 1. The van der Waals surface area contributed by atoms with Gasteiger partial charge in [0.25, 0.3) is 0 Å². The zero-order valence-corrected chi connectivity index (χ0v) is 10.1. The number of hydrogen-bond donors (Lipinski definition) is 1. The summed E-state index contributed by atoms with van der Waals surface area (Å²) in [7, 11) is 1.76. The molecule has 0 bridgehead atoms. The number of likely N-dealkylation sites (N-methyl/N-ethyl adjacent to an activating group) is 1. The highest BCUT2D eigenvalue weighted by Crippen LogP contribution is 2.23. The fourth-order valence-corrected chi connectivity index (χ4v) is 2.04. The standard InChI is InChI=1S/C12H19NO3/c1-8(9(2)12(15)16)11(14)13(3)10-6-4-5-7-10/h10H,4-7H2,1-3H3,(H,15,16). The number of carbonyl (C=O) groups excluding carboxylic acids is 1. The van der Waals surface area contributed by atoms with E-state index < -0.39 is 5.97 Å². The highest BCUT2D eigenvalue weighted by molar-refractivity contribution is 6.01. The van der Waals surface area contributed by atoms with Gasteiger partial charge in [0.1, 0.15) is 0 Å². The van der Waals surface area contributed by atoms with Gasteiger partial charge in [-0.25, -0.2) is 4.79 Å². The molecule has 1 N–H and O–H groups in total. The first kappa shape index (κ1) is 12.7. The second kappa shape index (κ2) is 5.14. The van der Waals surface area contributed by atoms with E-state index in [1.54, 1.807) is 18.9 Å². The van der Waals surface area contributed by atoms with Gasteiger partial charge in [0.2, 0.25) is 5.91 Å². The van der Waals surface area contributed by atoms with E-state index >= 15 is 0 Å². The summed E-state index contributed by atoms with van der Waals surface area (Å²) >= 11 is 0. The van der Waals surface area contributed by atoms with Crippen molar-refractivity contribution in [1.29, 1.82) is 0 Å². The molecule has 0 aromatic heterocycles. The van der Waals surface area contributed by atoms with Crippen molar-refractivity contribution in [2.24, 2.45) is 0 Å². The molecule has 0 radical (unpaired) electrons. The Morgan fingerprint density at radius 3 is 2.06 bits per heavy atom. The van der Waals surface area contributed by atoms with Crippen LogP contribution in [0.4, 0.5) is 0 Å². The normalized spacial score (nSPS) is 18.2. The minimum absolute atomic E-state index is 0.134. The molecule has 1 rings (SSSR count). The van der Waals surface area contributed by atoms with Crippen molar-refractivity contribution in [3.05, 3.63) is 11.1 Å². The minimum Gasteiger partial charge on any atom is -0.478 e. The third-order valence-electron chi connectivity index (χ3n) is 3.40. The molecule has 16 heavy (non-hydrogen) atoms. The summed E-state index contributed by atoms with van der Waals surface area (Å²) in [6.45, 7) is 3.05.